The first kappa shape index (κ1) is 21.6. The van der Waals surface area contributed by atoms with Gasteiger partial charge in [-0.05, 0) is 52.4 Å². The molecule has 2 heterocycles. The first-order chi connectivity index (χ1) is 14.7. The van der Waals surface area contributed by atoms with Crippen LogP contribution in [0.15, 0.2) is 34.9 Å². The van der Waals surface area contributed by atoms with Crippen LogP contribution in [0.1, 0.15) is 69.0 Å². The quantitative estimate of drug-likeness (QED) is 0.784. The molecule has 0 unspecified atom stereocenters. The van der Waals surface area contributed by atoms with E-state index in [9.17, 15) is 9.59 Å². The van der Waals surface area contributed by atoms with Gasteiger partial charge in [-0.3, -0.25) is 9.59 Å². The highest BCUT2D eigenvalue weighted by molar-refractivity contribution is 6.03. The lowest BCUT2D eigenvalue weighted by Gasteiger charge is -2.46. The number of carbonyl (C=O) groups is 2. The molecule has 6 heteroatoms. The number of aromatic nitrogens is 1. The molecule has 1 aromatic heterocycles. The average Bonchev–Trinajstić information content (AvgIpc) is 3.13. The maximum atomic E-state index is 13.9. The van der Waals surface area contributed by atoms with Crippen LogP contribution in [0.25, 0.3) is 11.3 Å². The fourth-order valence-corrected chi connectivity index (χ4v) is 5.12. The number of aryl methyl sites for hydroxylation is 1. The molecule has 0 radical (unpaired) electrons. The number of nitrogens with zero attached hydrogens (tertiary/aromatic N) is 2. The fourth-order valence-electron chi connectivity index (χ4n) is 5.12. The first-order valence-electron chi connectivity index (χ1n) is 11.4. The monoisotopic (exact) mass is 423 g/mol. The predicted molar refractivity (Wildman–Crippen MR) is 119 cm³/mol. The number of nitrogens with one attached hydrogen (secondary N) is 1. The van der Waals surface area contributed by atoms with Crippen LogP contribution in [-0.4, -0.2) is 40.0 Å². The maximum absolute atomic E-state index is 13.9. The van der Waals surface area contributed by atoms with Crippen molar-refractivity contribution < 1.29 is 14.1 Å². The molecule has 2 fully saturated rings. The third-order valence-corrected chi connectivity index (χ3v) is 6.59. The molecule has 1 saturated heterocycles. The molecular formula is C25H33N3O3. The Morgan fingerprint density at radius 3 is 2.45 bits per heavy atom. The zero-order chi connectivity index (χ0) is 22.2. The van der Waals surface area contributed by atoms with E-state index in [1.165, 1.54) is 12.8 Å². The Labute approximate surface area is 184 Å². The second kappa shape index (κ2) is 8.48. The highest BCUT2D eigenvalue weighted by Gasteiger charge is 2.43. The maximum Gasteiger partial charge on any atom is 0.260 e. The summed E-state index contributed by atoms with van der Waals surface area (Å²) in [6.45, 7) is 8.30. The summed E-state index contributed by atoms with van der Waals surface area (Å²) in [5.74, 6) is 1.22. The molecule has 2 aliphatic rings. The molecule has 3 atom stereocenters. The molecule has 166 valence electrons. The lowest BCUT2D eigenvalue weighted by atomic mass is 9.72. The smallest absolute Gasteiger partial charge is 0.260 e. The van der Waals surface area contributed by atoms with Crippen molar-refractivity contribution >= 4 is 11.8 Å². The Hall–Kier alpha value is -2.63. The summed E-state index contributed by atoms with van der Waals surface area (Å²) in [6.07, 6.45) is 5.41. The van der Waals surface area contributed by atoms with Gasteiger partial charge in [0.25, 0.3) is 5.91 Å². The van der Waals surface area contributed by atoms with Gasteiger partial charge < -0.3 is 14.7 Å². The van der Waals surface area contributed by atoms with E-state index in [-0.39, 0.29) is 17.4 Å². The van der Waals surface area contributed by atoms with Gasteiger partial charge in [0, 0.05) is 17.6 Å². The normalized spacial score (nSPS) is 23.9. The van der Waals surface area contributed by atoms with Gasteiger partial charge in [0.1, 0.15) is 23.1 Å². The highest BCUT2D eigenvalue weighted by Crippen LogP contribution is 2.40. The molecule has 1 aliphatic heterocycles. The van der Waals surface area contributed by atoms with Gasteiger partial charge in [0.15, 0.2) is 0 Å². The standard InChI is InChI=1S/C25H33N3O3/c1-16-21(22(27-31-16)17-10-6-5-7-11-17)24(30)28-15-19-13-9-8-12-18(19)14-20(28)23(29)26-25(2,3)4/h5-7,10-11,18-20H,8-9,12-15H2,1-4H3,(H,26,29)/t18-,19+,20-/m0/s1. The number of fused-ring (bicyclic) bond motifs is 1. The van der Waals surface area contributed by atoms with E-state index in [2.05, 4.69) is 10.5 Å². The molecular weight excluding hydrogens is 390 g/mol. The van der Waals surface area contributed by atoms with Crippen molar-refractivity contribution in [2.75, 3.05) is 6.54 Å². The van der Waals surface area contributed by atoms with Crippen molar-refractivity contribution in [1.82, 2.24) is 15.4 Å². The largest absolute Gasteiger partial charge is 0.360 e. The first-order valence-corrected chi connectivity index (χ1v) is 11.4. The molecule has 1 saturated carbocycles. The van der Waals surface area contributed by atoms with Crippen molar-refractivity contribution in [1.29, 1.82) is 0 Å². The van der Waals surface area contributed by atoms with Crippen molar-refractivity contribution in [2.24, 2.45) is 11.8 Å². The Balaban J connectivity index is 1.69. The average molecular weight is 424 g/mol. The van der Waals surface area contributed by atoms with Gasteiger partial charge in [0.2, 0.25) is 5.91 Å². The zero-order valence-electron chi connectivity index (χ0n) is 19.0. The van der Waals surface area contributed by atoms with E-state index >= 15 is 0 Å². The van der Waals surface area contributed by atoms with Gasteiger partial charge in [0.05, 0.1) is 0 Å². The summed E-state index contributed by atoms with van der Waals surface area (Å²) in [6, 6.07) is 9.14. The van der Waals surface area contributed by atoms with Crippen LogP contribution >= 0.6 is 0 Å². The van der Waals surface area contributed by atoms with Crippen LogP contribution < -0.4 is 5.32 Å². The lowest BCUT2D eigenvalue weighted by Crippen LogP contribution is -2.59. The van der Waals surface area contributed by atoms with Crippen LogP contribution in [0.3, 0.4) is 0 Å². The molecule has 31 heavy (non-hydrogen) atoms. The molecule has 0 bridgehead atoms. The molecule has 1 N–H and O–H groups in total. The minimum Gasteiger partial charge on any atom is -0.360 e. The van der Waals surface area contributed by atoms with Crippen LogP contribution in [0, 0.1) is 18.8 Å². The Kier molecular flexibility index (Phi) is 5.91. The number of rotatable bonds is 3. The highest BCUT2D eigenvalue weighted by atomic mass is 16.5. The third kappa shape index (κ3) is 4.53. The van der Waals surface area contributed by atoms with Crippen molar-refractivity contribution in [3.63, 3.8) is 0 Å². The van der Waals surface area contributed by atoms with E-state index in [0.717, 1.165) is 24.8 Å². The Morgan fingerprint density at radius 1 is 1.10 bits per heavy atom. The second-order valence-electron chi connectivity index (χ2n) is 10.1. The van der Waals surface area contributed by atoms with E-state index in [1.807, 2.05) is 51.1 Å². The Morgan fingerprint density at radius 2 is 1.77 bits per heavy atom. The number of likely N-dealkylation sites (tertiary alicyclic amines) is 1. The third-order valence-electron chi connectivity index (χ3n) is 6.59. The zero-order valence-corrected chi connectivity index (χ0v) is 19.0. The molecule has 6 nitrogen and oxygen atoms in total. The molecule has 1 aliphatic carbocycles. The molecule has 1 aromatic carbocycles. The van der Waals surface area contributed by atoms with E-state index in [1.54, 1.807) is 11.8 Å². The van der Waals surface area contributed by atoms with Gasteiger partial charge in [-0.25, -0.2) is 0 Å². The summed E-state index contributed by atoms with van der Waals surface area (Å²) in [7, 11) is 0. The van der Waals surface area contributed by atoms with Gasteiger partial charge >= 0.3 is 0 Å². The molecule has 2 aromatic rings. The minimum atomic E-state index is -0.469. The number of benzene rings is 1. The van der Waals surface area contributed by atoms with Gasteiger partial charge in [-0.2, -0.15) is 0 Å². The van der Waals surface area contributed by atoms with Crippen molar-refractivity contribution in [3.05, 3.63) is 41.7 Å². The Bertz CT molecular complexity index is 945. The summed E-state index contributed by atoms with van der Waals surface area (Å²) in [4.78, 5) is 28.9. The van der Waals surface area contributed by atoms with Gasteiger partial charge in [-0.1, -0.05) is 54.8 Å². The number of hydrogen-bond acceptors (Lipinski definition) is 4. The SMILES string of the molecule is Cc1onc(-c2ccccc2)c1C(=O)N1C[C@H]2CCCC[C@H]2C[C@H]1C(=O)NC(C)(C)C. The molecule has 0 spiro atoms. The van der Waals surface area contributed by atoms with Crippen LogP contribution in [0.4, 0.5) is 0 Å². The van der Waals surface area contributed by atoms with Crippen LogP contribution in [0.2, 0.25) is 0 Å². The second-order valence-corrected chi connectivity index (χ2v) is 10.1. The fraction of sp³-hybridized carbons (Fsp3) is 0.560. The number of carbonyl (C=O) groups excluding carboxylic acids is 2. The van der Waals surface area contributed by atoms with Crippen molar-refractivity contribution in [3.8, 4) is 11.3 Å². The number of hydrogen-bond donors (Lipinski definition) is 1. The number of amides is 2. The molecule has 4 rings (SSSR count). The topological polar surface area (TPSA) is 75.4 Å². The molecule has 2 amide bonds. The predicted octanol–water partition coefficient (Wildman–Crippen LogP) is 4.59. The van der Waals surface area contributed by atoms with Crippen molar-refractivity contribution in [2.45, 2.75) is 71.4 Å². The summed E-state index contributed by atoms with van der Waals surface area (Å²) >= 11 is 0. The summed E-state index contributed by atoms with van der Waals surface area (Å²) < 4.78 is 5.45. The van der Waals surface area contributed by atoms with E-state index in [0.29, 0.717) is 35.4 Å². The van der Waals surface area contributed by atoms with E-state index < -0.39 is 6.04 Å². The van der Waals surface area contributed by atoms with Gasteiger partial charge in [-0.15, -0.1) is 0 Å². The summed E-state index contributed by atoms with van der Waals surface area (Å²) in [5.41, 5.74) is 1.50. The lowest BCUT2D eigenvalue weighted by molar-refractivity contribution is -0.130. The number of piperidine rings is 1. The summed E-state index contributed by atoms with van der Waals surface area (Å²) in [5, 5.41) is 7.29. The van der Waals surface area contributed by atoms with Crippen LogP contribution in [0.5, 0.6) is 0 Å². The minimum absolute atomic E-state index is 0.0692. The van der Waals surface area contributed by atoms with Crippen LogP contribution in [-0.2, 0) is 4.79 Å². The van der Waals surface area contributed by atoms with E-state index in [4.69, 9.17) is 4.52 Å².